The van der Waals surface area contributed by atoms with Crippen LogP contribution in [-0.2, 0) is 15.8 Å². The highest BCUT2D eigenvalue weighted by Crippen LogP contribution is 2.42. The topological polar surface area (TPSA) is 119 Å². The van der Waals surface area contributed by atoms with Gasteiger partial charge in [-0.2, -0.15) is 13.2 Å². The number of benzene rings is 3. The van der Waals surface area contributed by atoms with E-state index in [4.69, 9.17) is 4.74 Å². The fraction of sp³-hybridized carbons (Fsp3) is 0.0417. The van der Waals surface area contributed by atoms with Crippen LogP contribution in [-0.4, -0.2) is 22.8 Å². The van der Waals surface area contributed by atoms with E-state index in [-0.39, 0.29) is 21.5 Å². The maximum Gasteiger partial charge on any atom is 0.416 e. The zero-order valence-corrected chi connectivity index (χ0v) is 22.1. The predicted molar refractivity (Wildman–Crippen MR) is 135 cm³/mol. The third-order valence-electron chi connectivity index (χ3n) is 5.22. The van der Waals surface area contributed by atoms with Crippen LogP contribution in [0.4, 0.5) is 33.7 Å². The number of rotatable bonds is 5. The molecule has 200 valence electrons. The summed E-state index contributed by atoms with van der Waals surface area (Å²) in [7, 11) is 0. The van der Waals surface area contributed by atoms with Gasteiger partial charge in [0, 0.05) is 16.1 Å². The van der Waals surface area contributed by atoms with Gasteiger partial charge < -0.3 is 4.74 Å². The maximum absolute atomic E-state index is 13.3. The number of imide groups is 2. The number of nitrogens with one attached hydrogen (secondary N) is 1. The van der Waals surface area contributed by atoms with E-state index in [1.54, 1.807) is 0 Å². The Bertz CT molecular complexity index is 1580. The Labute approximate surface area is 232 Å². The Morgan fingerprint density at radius 1 is 1.00 bits per heavy atom. The van der Waals surface area contributed by atoms with Gasteiger partial charge in [-0.1, -0.05) is 15.9 Å². The molecule has 0 radical (unpaired) electrons. The molecule has 9 nitrogen and oxygen atoms in total. The van der Waals surface area contributed by atoms with E-state index in [2.05, 4.69) is 31.9 Å². The fourth-order valence-electron chi connectivity index (χ4n) is 3.47. The number of nitro benzene ring substituents is 1. The van der Waals surface area contributed by atoms with Gasteiger partial charge in [-0.3, -0.25) is 25.0 Å². The second-order valence-electron chi connectivity index (χ2n) is 7.78. The van der Waals surface area contributed by atoms with Gasteiger partial charge in [0.05, 0.1) is 20.6 Å². The summed E-state index contributed by atoms with van der Waals surface area (Å²) in [5, 5.41) is 13.5. The molecule has 1 aliphatic heterocycles. The van der Waals surface area contributed by atoms with Crippen molar-refractivity contribution in [3.63, 3.8) is 0 Å². The molecule has 0 aliphatic carbocycles. The van der Waals surface area contributed by atoms with E-state index >= 15 is 0 Å². The van der Waals surface area contributed by atoms with Crippen molar-refractivity contribution in [1.29, 1.82) is 0 Å². The first-order valence-corrected chi connectivity index (χ1v) is 12.0. The van der Waals surface area contributed by atoms with Gasteiger partial charge in [0.1, 0.15) is 17.1 Å². The van der Waals surface area contributed by atoms with Crippen LogP contribution in [0.15, 0.2) is 69.1 Å². The molecule has 0 atom stereocenters. The Morgan fingerprint density at radius 2 is 1.67 bits per heavy atom. The van der Waals surface area contributed by atoms with Gasteiger partial charge in [-0.05, 0) is 70.5 Å². The van der Waals surface area contributed by atoms with Crippen LogP contribution in [0.25, 0.3) is 6.08 Å². The molecule has 0 bridgehead atoms. The molecule has 15 heteroatoms. The molecule has 1 aliphatic rings. The quantitative estimate of drug-likeness (QED) is 0.106. The van der Waals surface area contributed by atoms with Crippen LogP contribution >= 0.6 is 31.9 Å². The van der Waals surface area contributed by atoms with Gasteiger partial charge in [-0.25, -0.2) is 14.1 Å². The van der Waals surface area contributed by atoms with Gasteiger partial charge in [0.25, 0.3) is 11.8 Å². The van der Waals surface area contributed by atoms with Gasteiger partial charge in [0.15, 0.2) is 0 Å². The minimum Gasteiger partial charge on any atom is -0.448 e. The number of carbonyl (C=O) groups is 3. The Balaban J connectivity index is 1.81. The molecule has 3 aromatic rings. The summed E-state index contributed by atoms with van der Waals surface area (Å²) in [5.74, 6) is -3.53. The lowest BCUT2D eigenvalue weighted by Gasteiger charge is -2.26. The molecule has 0 unspecified atom stereocenters. The van der Waals surface area contributed by atoms with E-state index in [9.17, 15) is 42.1 Å². The zero-order chi connectivity index (χ0) is 28.6. The number of halogens is 6. The minimum atomic E-state index is -4.85. The highest BCUT2D eigenvalue weighted by Gasteiger charge is 2.37. The molecule has 1 saturated heterocycles. The molecule has 0 saturated carbocycles. The second kappa shape index (κ2) is 10.6. The number of ether oxygens (including phenoxy) is 1. The SMILES string of the molecule is O=C1NC(=O)N(c2ccc(F)cc2)C(=O)/C1=C/c1cc(Br)cc(Br)c1Oc1ccc(C(F)(F)F)cc1[N+](=O)[O-]. The van der Waals surface area contributed by atoms with Crippen molar-refractivity contribution in [3.05, 3.63) is 96.2 Å². The first-order chi connectivity index (χ1) is 18.3. The van der Waals surface area contributed by atoms with E-state index in [1.165, 1.54) is 12.1 Å². The number of barbiturate groups is 1. The molecule has 4 rings (SSSR count). The third kappa shape index (κ3) is 5.83. The third-order valence-corrected chi connectivity index (χ3v) is 6.27. The molecule has 1 fully saturated rings. The second-order valence-corrected chi connectivity index (χ2v) is 9.55. The molecule has 1 N–H and O–H groups in total. The van der Waals surface area contributed by atoms with Gasteiger partial charge in [-0.15, -0.1) is 0 Å². The molecule has 39 heavy (non-hydrogen) atoms. The number of urea groups is 1. The Kier molecular flexibility index (Phi) is 7.57. The van der Waals surface area contributed by atoms with Crippen molar-refractivity contribution >= 4 is 67.2 Å². The van der Waals surface area contributed by atoms with Crippen LogP contribution < -0.4 is 15.0 Å². The number of amides is 4. The van der Waals surface area contributed by atoms with E-state index in [1.807, 2.05) is 5.32 Å². The number of alkyl halides is 3. The average molecular weight is 673 g/mol. The van der Waals surface area contributed by atoms with Gasteiger partial charge in [0.2, 0.25) is 5.75 Å². The standard InChI is InChI=1S/C24H11Br2F4N3O6/c25-13-7-11(8-16-21(34)31-23(36)32(22(16)35)15-4-2-14(27)3-5-15)20(17(26)10-13)39-19-6-1-12(24(28,29)30)9-18(19)33(37)38/h1-10H,(H,31,34,36)/b16-8+. The van der Waals surface area contributed by atoms with E-state index in [0.717, 1.165) is 36.4 Å². The molecule has 1 heterocycles. The summed E-state index contributed by atoms with van der Waals surface area (Å²) in [4.78, 5) is 49.2. The molecule has 3 aromatic carbocycles. The first-order valence-electron chi connectivity index (χ1n) is 10.5. The molecule has 0 aromatic heterocycles. The lowest BCUT2D eigenvalue weighted by molar-refractivity contribution is -0.385. The van der Waals surface area contributed by atoms with E-state index < -0.39 is 57.3 Å². The monoisotopic (exact) mass is 671 g/mol. The first kappa shape index (κ1) is 27.9. The lowest BCUT2D eigenvalue weighted by atomic mass is 10.1. The summed E-state index contributed by atoms with van der Waals surface area (Å²) in [6, 6.07) is 7.70. The van der Waals surface area contributed by atoms with Crippen molar-refractivity contribution in [2.45, 2.75) is 6.18 Å². The van der Waals surface area contributed by atoms with Crippen LogP contribution in [0.2, 0.25) is 0 Å². The Morgan fingerprint density at radius 3 is 2.28 bits per heavy atom. The van der Waals surface area contributed by atoms with Crippen molar-refractivity contribution in [1.82, 2.24) is 5.32 Å². The molecular weight excluding hydrogens is 662 g/mol. The van der Waals surface area contributed by atoms with Crippen molar-refractivity contribution in [3.8, 4) is 11.5 Å². The van der Waals surface area contributed by atoms with Crippen molar-refractivity contribution in [2.24, 2.45) is 0 Å². The summed E-state index contributed by atoms with van der Waals surface area (Å²) in [6.07, 6.45) is -3.82. The summed E-state index contributed by atoms with van der Waals surface area (Å²) in [6.45, 7) is 0. The maximum atomic E-state index is 13.3. The highest BCUT2D eigenvalue weighted by molar-refractivity contribution is 9.11. The van der Waals surface area contributed by atoms with E-state index in [0.29, 0.717) is 21.5 Å². The molecule has 4 amide bonds. The highest BCUT2D eigenvalue weighted by atomic mass is 79.9. The van der Waals surface area contributed by atoms with Gasteiger partial charge >= 0.3 is 17.9 Å². The number of hydrogen-bond acceptors (Lipinski definition) is 6. The molecule has 0 spiro atoms. The normalized spacial score (nSPS) is 15.0. The number of nitrogens with zero attached hydrogens (tertiary/aromatic N) is 2. The zero-order valence-electron chi connectivity index (χ0n) is 18.9. The minimum absolute atomic E-state index is 0.0163. The predicted octanol–water partition coefficient (Wildman–Crippen LogP) is 6.74. The van der Waals surface area contributed by atoms with Crippen LogP contribution in [0.5, 0.6) is 11.5 Å². The molecular formula is C24H11Br2F4N3O6. The number of nitro groups is 1. The fourth-order valence-corrected chi connectivity index (χ4v) is 4.80. The van der Waals surface area contributed by atoms with Crippen molar-refractivity contribution < 1.29 is 41.6 Å². The number of anilines is 1. The summed E-state index contributed by atoms with van der Waals surface area (Å²) >= 11 is 6.43. The van der Waals surface area contributed by atoms with Crippen LogP contribution in [0, 0.1) is 15.9 Å². The van der Waals surface area contributed by atoms with Crippen LogP contribution in [0.3, 0.4) is 0 Å². The summed E-state index contributed by atoms with van der Waals surface area (Å²) < 4.78 is 58.8. The van der Waals surface area contributed by atoms with Crippen molar-refractivity contribution in [2.75, 3.05) is 4.90 Å². The lowest BCUT2D eigenvalue weighted by Crippen LogP contribution is -2.54. The Hall–Kier alpha value is -4.11. The average Bonchev–Trinajstić information content (AvgIpc) is 2.84. The smallest absolute Gasteiger partial charge is 0.416 e. The number of hydrogen-bond donors (Lipinski definition) is 1. The number of carbonyl (C=O) groups excluding carboxylic acids is 3. The largest absolute Gasteiger partial charge is 0.448 e. The summed E-state index contributed by atoms with van der Waals surface area (Å²) in [5.41, 5.74) is -2.87. The van der Waals surface area contributed by atoms with Crippen LogP contribution in [0.1, 0.15) is 11.1 Å².